The normalized spacial score (nSPS) is 27.8. The lowest BCUT2D eigenvalue weighted by atomic mass is 9.99. The average molecular weight is 284 g/mol. The predicted molar refractivity (Wildman–Crippen MR) is 73.4 cm³/mol. The minimum Gasteiger partial charge on any atom is -0.481 e. The van der Waals surface area contributed by atoms with Crippen molar-refractivity contribution in [2.75, 3.05) is 45.9 Å². The summed E-state index contributed by atoms with van der Waals surface area (Å²) in [6.45, 7) is 6.89. The Balaban J connectivity index is 1.66. The number of nitrogens with zero attached hydrogens (tertiary/aromatic N) is 2. The van der Waals surface area contributed by atoms with Crippen molar-refractivity contribution in [3.8, 4) is 0 Å². The summed E-state index contributed by atoms with van der Waals surface area (Å²) >= 11 is 0. The van der Waals surface area contributed by atoms with Crippen molar-refractivity contribution in [3.05, 3.63) is 0 Å². The van der Waals surface area contributed by atoms with Gasteiger partial charge in [0.25, 0.3) is 0 Å². The second kappa shape index (κ2) is 7.04. The van der Waals surface area contributed by atoms with Gasteiger partial charge in [0, 0.05) is 32.6 Å². The summed E-state index contributed by atoms with van der Waals surface area (Å²) in [5.74, 6) is -0.577. The van der Waals surface area contributed by atoms with E-state index in [1.54, 1.807) is 0 Å². The molecule has 2 rings (SSSR count). The summed E-state index contributed by atoms with van der Waals surface area (Å²) in [4.78, 5) is 27.0. The Labute approximate surface area is 119 Å². The third-order valence-corrected chi connectivity index (χ3v) is 4.23. The molecule has 2 unspecified atom stereocenters. The molecule has 0 aromatic carbocycles. The van der Waals surface area contributed by atoms with E-state index in [1.807, 2.05) is 11.8 Å². The van der Waals surface area contributed by atoms with E-state index in [-0.39, 0.29) is 17.7 Å². The summed E-state index contributed by atoms with van der Waals surface area (Å²) in [5, 5.41) is 9.09. The minimum atomic E-state index is -0.704. The number of morpholine rings is 1. The largest absolute Gasteiger partial charge is 0.481 e. The molecule has 0 saturated carbocycles. The smallest absolute Gasteiger partial charge is 0.308 e. The molecule has 6 nitrogen and oxygen atoms in total. The van der Waals surface area contributed by atoms with Crippen LogP contribution in [0.1, 0.15) is 19.8 Å². The molecule has 2 aliphatic heterocycles. The zero-order valence-electron chi connectivity index (χ0n) is 12.1. The Morgan fingerprint density at radius 1 is 1.25 bits per heavy atom. The van der Waals surface area contributed by atoms with Crippen molar-refractivity contribution in [1.82, 2.24) is 9.80 Å². The molecule has 0 aliphatic carbocycles. The summed E-state index contributed by atoms with van der Waals surface area (Å²) in [5.41, 5.74) is 0. The van der Waals surface area contributed by atoms with Crippen LogP contribution in [-0.4, -0.2) is 72.7 Å². The first-order valence-electron chi connectivity index (χ1n) is 7.38. The Kier molecular flexibility index (Phi) is 5.37. The van der Waals surface area contributed by atoms with Crippen molar-refractivity contribution in [3.63, 3.8) is 0 Å². The molecule has 2 saturated heterocycles. The molecular formula is C14H24N2O4. The highest BCUT2D eigenvalue weighted by Crippen LogP contribution is 2.23. The Morgan fingerprint density at radius 3 is 2.55 bits per heavy atom. The van der Waals surface area contributed by atoms with Gasteiger partial charge in [0.1, 0.15) is 0 Å². The van der Waals surface area contributed by atoms with E-state index in [2.05, 4.69) is 4.90 Å². The first-order chi connectivity index (χ1) is 9.58. The molecule has 2 aliphatic rings. The number of hydrogen-bond acceptors (Lipinski definition) is 4. The summed E-state index contributed by atoms with van der Waals surface area (Å²) in [6.07, 6.45) is 1.35. The molecule has 1 amide bonds. The standard InChI is InChI=1S/C14H24N2O4/c1-11-9-15(10-12(11)14(18)19)4-2-3-13(17)16-5-7-20-8-6-16/h11-12H,2-10H2,1H3,(H,18,19). The first-order valence-corrected chi connectivity index (χ1v) is 7.38. The maximum absolute atomic E-state index is 12.0. The highest BCUT2D eigenvalue weighted by atomic mass is 16.5. The molecule has 1 N–H and O–H groups in total. The Hall–Kier alpha value is -1.14. The van der Waals surface area contributed by atoms with Crippen molar-refractivity contribution in [1.29, 1.82) is 0 Å². The van der Waals surface area contributed by atoms with E-state index in [1.165, 1.54) is 0 Å². The van der Waals surface area contributed by atoms with Crippen LogP contribution in [0.2, 0.25) is 0 Å². The maximum Gasteiger partial charge on any atom is 0.308 e. The van der Waals surface area contributed by atoms with Crippen molar-refractivity contribution in [2.45, 2.75) is 19.8 Å². The van der Waals surface area contributed by atoms with Crippen molar-refractivity contribution < 1.29 is 19.4 Å². The summed E-state index contributed by atoms with van der Waals surface area (Å²) in [7, 11) is 0. The van der Waals surface area contributed by atoms with E-state index >= 15 is 0 Å². The van der Waals surface area contributed by atoms with E-state index in [9.17, 15) is 9.59 Å². The molecule has 2 atom stereocenters. The molecule has 6 heteroatoms. The number of ether oxygens (including phenoxy) is 1. The van der Waals surface area contributed by atoms with Crippen LogP contribution in [0.4, 0.5) is 0 Å². The SMILES string of the molecule is CC1CN(CCCC(=O)N2CCOCC2)CC1C(=O)O. The topological polar surface area (TPSA) is 70.1 Å². The third-order valence-electron chi connectivity index (χ3n) is 4.23. The van der Waals surface area contributed by atoms with Crippen LogP contribution in [0, 0.1) is 11.8 Å². The maximum atomic E-state index is 12.0. The van der Waals surface area contributed by atoms with Crippen LogP contribution in [0.15, 0.2) is 0 Å². The monoisotopic (exact) mass is 284 g/mol. The molecule has 0 spiro atoms. The number of hydrogen-bond donors (Lipinski definition) is 1. The number of rotatable bonds is 5. The van der Waals surface area contributed by atoms with Crippen molar-refractivity contribution in [2.24, 2.45) is 11.8 Å². The number of amides is 1. The highest BCUT2D eigenvalue weighted by molar-refractivity contribution is 5.76. The number of carboxylic acids is 1. The molecular weight excluding hydrogens is 260 g/mol. The average Bonchev–Trinajstić information content (AvgIpc) is 2.81. The molecule has 20 heavy (non-hydrogen) atoms. The minimum absolute atomic E-state index is 0.190. The van der Waals surface area contributed by atoms with Crippen LogP contribution in [0.25, 0.3) is 0 Å². The van der Waals surface area contributed by atoms with Crippen molar-refractivity contribution >= 4 is 11.9 Å². The number of aliphatic carboxylic acids is 1. The predicted octanol–water partition coefficient (Wildman–Crippen LogP) is 0.278. The van der Waals surface area contributed by atoms with E-state index in [0.29, 0.717) is 39.3 Å². The first kappa shape index (κ1) is 15.3. The zero-order chi connectivity index (χ0) is 14.5. The lowest BCUT2D eigenvalue weighted by molar-refractivity contribution is -0.142. The molecule has 0 aromatic rings. The van der Waals surface area contributed by atoms with Gasteiger partial charge in [-0.3, -0.25) is 9.59 Å². The lowest BCUT2D eigenvalue weighted by Gasteiger charge is -2.27. The third kappa shape index (κ3) is 3.93. The molecule has 114 valence electrons. The number of carboxylic acid groups (broad SMARTS) is 1. The van der Waals surface area contributed by atoms with Gasteiger partial charge in [-0.1, -0.05) is 6.92 Å². The molecule has 2 fully saturated rings. The quantitative estimate of drug-likeness (QED) is 0.785. The highest BCUT2D eigenvalue weighted by Gasteiger charge is 2.34. The van der Waals surface area contributed by atoms with Gasteiger partial charge in [-0.05, 0) is 18.9 Å². The van der Waals surface area contributed by atoms with Gasteiger partial charge < -0.3 is 19.6 Å². The van der Waals surface area contributed by atoms with Crippen LogP contribution in [0.5, 0.6) is 0 Å². The van der Waals surface area contributed by atoms with E-state index < -0.39 is 5.97 Å². The molecule has 0 aromatic heterocycles. The van der Waals surface area contributed by atoms with Gasteiger partial charge in [-0.2, -0.15) is 0 Å². The fraction of sp³-hybridized carbons (Fsp3) is 0.857. The summed E-state index contributed by atoms with van der Waals surface area (Å²) < 4.78 is 5.22. The van der Waals surface area contributed by atoms with Gasteiger partial charge in [0.15, 0.2) is 0 Å². The van der Waals surface area contributed by atoms with Crippen LogP contribution in [-0.2, 0) is 14.3 Å². The Bertz CT molecular complexity index is 355. The Morgan fingerprint density at radius 2 is 1.95 bits per heavy atom. The molecule has 0 radical (unpaired) electrons. The van der Waals surface area contributed by atoms with Gasteiger partial charge in [0.05, 0.1) is 19.1 Å². The second-order valence-corrected chi connectivity index (χ2v) is 5.78. The lowest BCUT2D eigenvalue weighted by Crippen LogP contribution is -2.40. The summed E-state index contributed by atoms with van der Waals surface area (Å²) in [6, 6.07) is 0. The van der Waals surface area contributed by atoms with Gasteiger partial charge >= 0.3 is 5.97 Å². The van der Waals surface area contributed by atoms with Gasteiger partial charge in [-0.15, -0.1) is 0 Å². The van der Waals surface area contributed by atoms with E-state index in [0.717, 1.165) is 19.5 Å². The number of likely N-dealkylation sites (tertiary alicyclic amines) is 1. The van der Waals surface area contributed by atoms with Gasteiger partial charge in [0.2, 0.25) is 5.91 Å². The van der Waals surface area contributed by atoms with Crippen LogP contribution < -0.4 is 0 Å². The molecule has 0 bridgehead atoms. The van der Waals surface area contributed by atoms with Gasteiger partial charge in [-0.25, -0.2) is 0 Å². The fourth-order valence-corrected chi connectivity index (χ4v) is 3.00. The second-order valence-electron chi connectivity index (χ2n) is 5.78. The van der Waals surface area contributed by atoms with Crippen LogP contribution >= 0.6 is 0 Å². The van der Waals surface area contributed by atoms with Crippen LogP contribution in [0.3, 0.4) is 0 Å². The fourth-order valence-electron chi connectivity index (χ4n) is 3.00. The number of carbonyl (C=O) groups is 2. The molecule has 2 heterocycles. The number of carbonyl (C=O) groups excluding carboxylic acids is 1. The zero-order valence-corrected chi connectivity index (χ0v) is 12.1. The van der Waals surface area contributed by atoms with E-state index in [4.69, 9.17) is 9.84 Å².